The highest BCUT2D eigenvalue weighted by molar-refractivity contribution is 9.10. The van der Waals surface area contributed by atoms with E-state index in [1.54, 1.807) is 18.2 Å². The van der Waals surface area contributed by atoms with Gasteiger partial charge < -0.3 is 14.6 Å². The Morgan fingerprint density at radius 1 is 1.50 bits per heavy atom. The predicted octanol–water partition coefficient (Wildman–Crippen LogP) is 3.14. The van der Waals surface area contributed by atoms with E-state index < -0.39 is 18.4 Å². The molecule has 9 heteroatoms. The second-order valence-corrected chi connectivity index (χ2v) is 7.16. The number of thioether (sulfide) groups is 1. The molecule has 2 rings (SSSR count). The number of amides is 1. The zero-order valence-corrected chi connectivity index (χ0v) is 16.1. The highest BCUT2D eigenvalue weighted by atomic mass is 79.9. The van der Waals surface area contributed by atoms with E-state index in [-0.39, 0.29) is 4.32 Å². The monoisotopic (exact) mass is 431 g/mol. The number of methoxy groups -OCH3 is 1. The van der Waals surface area contributed by atoms with E-state index in [0.717, 1.165) is 16.7 Å². The molecule has 0 unspecified atom stereocenters. The largest absolute Gasteiger partial charge is 0.493 e. The summed E-state index contributed by atoms with van der Waals surface area (Å²) in [5.74, 6) is -0.427. The van der Waals surface area contributed by atoms with Gasteiger partial charge in [-0.25, -0.2) is 0 Å². The fraction of sp³-hybridized carbons (Fsp3) is 0.267. The van der Waals surface area contributed by atoms with Gasteiger partial charge in [0.15, 0.2) is 11.5 Å². The number of carbonyl (C=O) groups is 2. The van der Waals surface area contributed by atoms with E-state index >= 15 is 0 Å². The van der Waals surface area contributed by atoms with Crippen LogP contribution in [0.25, 0.3) is 6.08 Å². The van der Waals surface area contributed by atoms with Crippen molar-refractivity contribution in [3.05, 3.63) is 27.1 Å². The van der Waals surface area contributed by atoms with Crippen LogP contribution in [0.1, 0.15) is 12.5 Å². The minimum Gasteiger partial charge on any atom is -0.493 e. The molecule has 0 bridgehead atoms. The lowest BCUT2D eigenvalue weighted by molar-refractivity contribution is -0.140. The van der Waals surface area contributed by atoms with Crippen molar-refractivity contribution < 1.29 is 24.2 Å². The van der Waals surface area contributed by atoms with Crippen LogP contribution in [-0.2, 0) is 9.59 Å². The number of thiocarbonyl (C=S) groups is 1. The van der Waals surface area contributed by atoms with Crippen LogP contribution in [-0.4, -0.2) is 46.5 Å². The molecule has 1 aromatic carbocycles. The number of hydrogen-bond donors (Lipinski definition) is 1. The van der Waals surface area contributed by atoms with Gasteiger partial charge in [0.05, 0.1) is 23.1 Å². The number of hydrogen-bond acceptors (Lipinski definition) is 6. The Morgan fingerprint density at radius 3 is 2.79 bits per heavy atom. The summed E-state index contributed by atoms with van der Waals surface area (Å²) in [7, 11) is 1.53. The van der Waals surface area contributed by atoms with Crippen LogP contribution in [0.4, 0.5) is 0 Å². The normalized spacial score (nSPS) is 16.0. The first-order chi connectivity index (χ1) is 11.4. The van der Waals surface area contributed by atoms with E-state index in [1.165, 1.54) is 7.11 Å². The number of nitrogens with zero attached hydrogens (tertiary/aromatic N) is 1. The third-order valence-corrected chi connectivity index (χ3v) is 4.97. The van der Waals surface area contributed by atoms with Crippen molar-refractivity contribution >= 4 is 62.2 Å². The molecule has 1 fully saturated rings. The molecule has 0 spiro atoms. The van der Waals surface area contributed by atoms with Crippen molar-refractivity contribution in [1.29, 1.82) is 0 Å². The molecule has 1 aliphatic heterocycles. The molecule has 24 heavy (non-hydrogen) atoms. The Morgan fingerprint density at radius 2 is 2.21 bits per heavy atom. The summed E-state index contributed by atoms with van der Waals surface area (Å²) in [5.41, 5.74) is 0.706. The van der Waals surface area contributed by atoms with Gasteiger partial charge in [-0.2, -0.15) is 0 Å². The number of aliphatic carboxylic acids is 1. The Labute approximate surface area is 156 Å². The molecule has 0 aromatic heterocycles. The Hall–Kier alpha value is -1.58. The summed E-state index contributed by atoms with van der Waals surface area (Å²) in [6.07, 6.45) is 1.64. The van der Waals surface area contributed by atoms with Crippen LogP contribution in [0.2, 0.25) is 0 Å². The molecular formula is C15H14BrNO5S2. The topological polar surface area (TPSA) is 76.1 Å². The molecular weight excluding hydrogens is 418 g/mol. The summed E-state index contributed by atoms with van der Waals surface area (Å²) < 4.78 is 11.8. The number of benzene rings is 1. The lowest BCUT2D eigenvalue weighted by atomic mass is 10.2. The Balaban J connectivity index is 2.35. The third-order valence-electron chi connectivity index (χ3n) is 3.01. The number of carboxylic acid groups (broad SMARTS) is 1. The summed E-state index contributed by atoms with van der Waals surface area (Å²) in [6.45, 7) is 1.91. The first kappa shape index (κ1) is 18.8. The second kappa shape index (κ2) is 8.00. The maximum atomic E-state index is 12.3. The zero-order valence-electron chi connectivity index (χ0n) is 12.9. The van der Waals surface area contributed by atoms with Crippen LogP contribution in [0.3, 0.4) is 0 Å². The minimum absolute atomic E-state index is 0.227. The summed E-state index contributed by atoms with van der Waals surface area (Å²) >= 11 is 9.56. The second-order valence-electron chi connectivity index (χ2n) is 4.63. The number of carboxylic acids is 1. The van der Waals surface area contributed by atoms with Gasteiger partial charge in [-0.1, -0.05) is 24.0 Å². The van der Waals surface area contributed by atoms with Crippen molar-refractivity contribution in [2.45, 2.75) is 6.92 Å². The smallest absolute Gasteiger partial charge is 0.323 e. The summed E-state index contributed by atoms with van der Waals surface area (Å²) in [5, 5.41) is 8.85. The fourth-order valence-corrected chi connectivity index (χ4v) is 3.86. The van der Waals surface area contributed by atoms with Crippen molar-refractivity contribution in [3.8, 4) is 11.5 Å². The third kappa shape index (κ3) is 4.08. The highest BCUT2D eigenvalue weighted by Crippen LogP contribution is 2.39. The average molecular weight is 432 g/mol. The van der Waals surface area contributed by atoms with Gasteiger partial charge in [-0.3, -0.25) is 14.5 Å². The van der Waals surface area contributed by atoms with Crippen LogP contribution >= 0.6 is 39.9 Å². The van der Waals surface area contributed by atoms with E-state index in [0.29, 0.717) is 33.0 Å². The van der Waals surface area contributed by atoms with E-state index in [2.05, 4.69) is 15.9 Å². The molecule has 0 aliphatic carbocycles. The summed E-state index contributed by atoms with van der Waals surface area (Å²) in [4.78, 5) is 24.5. The summed E-state index contributed by atoms with van der Waals surface area (Å²) in [6, 6.07) is 3.52. The van der Waals surface area contributed by atoms with Gasteiger partial charge >= 0.3 is 5.97 Å². The van der Waals surface area contributed by atoms with Crippen molar-refractivity contribution in [2.24, 2.45) is 0 Å². The molecule has 1 aliphatic rings. The Kier molecular flexibility index (Phi) is 6.25. The van der Waals surface area contributed by atoms with Crippen molar-refractivity contribution in [1.82, 2.24) is 4.90 Å². The van der Waals surface area contributed by atoms with Crippen LogP contribution in [0, 0.1) is 0 Å². The van der Waals surface area contributed by atoms with Crippen LogP contribution in [0.15, 0.2) is 21.5 Å². The number of halogens is 1. The maximum absolute atomic E-state index is 12.3. The quantitative estimate of drug-likeness (QED) is 0.547. The van der Waals surface area contributed by atoms with Crippen LogP contribution in [0.5, 0.6) is 11.5 Å². The highest BCUT2D eigenvalue weighted by Gasteiger charge is 2.33. The number of carbonyl (C=O) groups excluding carboxylic acids is 1. The molecule has 0 radical (unpaired) electrons. The van der Waals surface area contributed by atoms with Gasteiger partial charge in [-0.15, -0.1) is 0 Å². The fourth-order valence-electron chi connectivity index (χ4n) is 2.03. The molecule has 1 N–H and O–H groups in total. The molecule has 1 saturated heterocycles. The average Bonchev–Trinajstić information content (AvgIpc) is 2.77. The molecule has 0 saturated carbocycles. The van der Waals surface area contributed by atoms with Gasteiger partial charge in [-0.05, 0) is 46.6 Å². The molecule has 1 aromatic rings. The predicted molar refractivity (Wildman–Crippen MR) is 99.4 cm³/mol. The number of rotatable bonds is 6. The molecule has 1 heterocycles. The molecule has 6 nitrogen and oxygen atoms in total. The first-order valence-electron chi connectivity index (χ1n) is 6.84. The van der Waals surface area contributed by atoms with Gasteiger partial charge in [0, 0.05) is 0 Å². The molecule has 1 amide bonds. The van der Waals surface area contributed by atoms with E-state index in [9.17, 15) is 9.59 Å². The first-order valence-corrected chi connectivity index (χ1v) is 8.86. The number of ether oxygens (including phenoxy) is 2. The van der Waals surface area contributed by atoms with Crippen LogP contribution < -0.4 is 9.47 Å². The lowest BCUT2D eigenvalue weighted by Crippen LogP contribution is -2.33. The SMILES string of the molecule is CCOc1c(Br)cc(/C=C2\SC(=S)N(CC(=O)O)C2=O)cc1OC. The van der Waals surface area contributed by atoms with E-state index in [4.69, 9.17) is 26.8 Å². The minimum atomic E-state index is -1.11. The van der Waals surface area contributed by atoms with Gasteiger partial charge in [0.1, 0.15) is 10.9 Å². The van der Waals surface area contributed by atoms with Crippen molar-refractivity contribution in [3.63, 3.8) is 0 Å². The maximum Gasteiger partial charge on any atom is 0.323 e. The van der Waals surface area contributed by atoms with Gasteiger partial charge in [0.2, 0.25) is 0 Å². The molecule has 128 valence electrons. The lowest BCUT2D eigenvalue weighted by Gasteiger charge is -2.12. The Bertz CT molecular complexity index is 735. The van der Waals surface area contributed by atoms with Crippen molar-refractivity contribution in [2.75, 3.05) is 20.3 Å². The standard InChI is InChI=1S/C15H14BrNO5S2/c1-3-22-13-9(16)4-8(5-10(13)21-2)6-11-14(20)17(7-12(18)19)15(23)24-11/h4-6H,3,7H2,1-2H3,(H,18,19)/b11-6-. The zero-order chi connectivity index (χ0) is 17.9. The molecule has 0 atom stereocenters. The van der Waals surface area contributed by atoms with E-state index in [1.807, 2.05) is 6.92 Å². The van der Waals surface area contributed by atoms with Gasteiger partial charge in [0.25, 0.3) is 5.91 Å².